The van der Waals surface area contributed by atoms with Crippen LogP contribution < -0.4 is 14.8 Å². The van der Waals surface area contributed by atoms with Gasteiger partial charge in [0.2, 0.25) is 0 Å². The van der Waals surface area contributed by atoms with Crippen molar-refractivity contribution in [2.75, 3.05) is 14.2 Å². The van der Waals surface area contributed by atoms with E-state index >= 15 is 0 Å². The standard InChI is InChI=1S/C17H27NO2/c1-13-5-4-6-15(9-7-13)18-12-14-8-10-16(19-2)11-17(14)20-3/h8,10-11,13,15,18H,4-7,9,12H2,1-3H3. The Balaban J connectivity index is 1.92. The second kappa shape index (κ2) is 7.53. The first-order chi connectivity index (χ1) is 9.72. The Hall–Kier alpha value is -1.22. The Morgan fingerprint density at radius 1 is 1.10 bits per heavy atom. The maximum absolute atomic E-state index is 5.45. The summed E-state index contributed by atoms with van der Waals surface area (Å²) < 4.78 is 10.7. The third-order valence-electron chi connectivity index (χ3n) is 4.33. The highest BCUT2D eigenvalue weighted by Crippen LogP contribution is 2.26. The summed E-state index contributed by atoms with van der Waals surface area (Å²) in [5.41, 5.74) is 1.20. The molecule has 1 saturated carbocycles. The fourth-order valence-corrected chi connectivity index (χ4v) is 2.94. The maximum Gasteiger partial charge on any atom is 0.127 e. The Morgan fingerprint density at radius 2 is 1.95 bits per heavy atom. The molecule has 3 heteroatoms. The van der Waals surface area contributed by atoms with E-state index in [0.29, 0.717) is 6.04 Å². The van der Waals surface area contributed by atoms with Gasteiger partial charge in [0.1, 0.15) is 11.5 Å². The highest BCUT2D eigenvalue weighted by Gasteiger charge is 2.16. The summed E-state index contributed by atoms with van der Waals surface area (Å²) in [6.45, 7) is 3.24. The molecule has 1 aromatic carbocycles. The van der Waals surface area contributed by atoms with E-state index in [9.17, 15) is 0 Å². The molecule has 2 atom stereocenters. The zero-order valence-corrected chi connectivity index (χ0v) is 12.9. The highest BCUT2D eigenvalue weighted by molar-refractivity contribution is 5.40. The van der Waals surface area contributed by atoms with Crippen molar-refractivity contribution in [2.45, 2.75) is 51.6 Å². The van der Waals surface area contributed by atoms with Crippen molar-refractivity contribution in [1.29, 1.82) is 0 Å². The van der Waals surface area contributed by atoms with Crippen molar-refractivity contribution >= 4 is 0 Å². The van der Waals surface area contributed by atoms with Gasteiger partial charge in [-0.05, 0) is 31.2 Å². The predicted octanol–water partition coefficient (Wildman–Crippen LogP) is 3.76. The van der Waals surface area contributed by atoms with E-state index in [1.807, 2.05) is 12.1 Å². The molecule has 1 aliphatic carbocycles. The first-order valence-electron chi connectivity index (χ1n) is 7.67. The summed E-state index contributed by atoms with van der Waals surface area (Å²) in [6.07, 6.45) is 6.66. The molecule has 1 fully saturated rings. The van der Waals surface area contributed by atoms with Crippen LogP contribution in [0.15, 0.2) is 18.2 Å². The van der Waals surface area contributed by atoms with Gasteiger partial charge in [-0.3, -0.25) is 0 Å². The molecule has 20 heavy (non-hydrogen) atoms. The van der Waals surface area contributed by atoms with E-state index in [1.165, 1.54) is 37.7 Å². The summed E-state index contributed by atoms with van der Waals surface area (Å²) in [6, 6.07) is 6.68. The molecule has 0 spiro atoms. The van der Waals surface area contributed by atoms with Crippen molar-refractivity contribution in [3.8, 4) is 11.5 Å². The molecule has 0 heterocycles. The lowest BCUT2D eigenvalue weighted by Gasteiger charge is -2.18. The topological polar surface area (TPSA) is 30.5 Å². The minimum Gasteiger partial charge on any atom is -0.497 e. The zero-order valence-electron chi connectivity index (χ0n) is 12.9. The van der Waals surface area contributed by atoms with Crippen LogP contribution in [0.4, 0.5) is 0 Å². The number of nitrogens with one attached hydrogen (secondary N) is 1. The van der Waals surface area contributed by atoms with Gasteiger partial charge in [0.25, 0.3) is 0 Å². The summed E-state index contributed by atoms with van der Waals surface area (Å²) in [5, 5.41) is 3.69. The SMILES string of the molecule is COc1ccc(CNC2CCCC(C)CC2)c(OC)c1. The molecule has 112 valence electrons. The monoisotopic (exact) mass is 277 g/mol. The first kappa shape index (κ1) is 15.2. The van der Waals surface area contributed by atoms with Crippen LogP contribution in [-0.4, -0.2) is 20.3 Å². The van der Waals surface area contributed by atoms with Crippen molar-refractivity contribution < 1.29 is 9.47 Å². The van der Waals surface area contributed by atoms with Gasteiger partial charge in [-0.1, -0.05) is 25.8 Å². The molecule has 0 bridgehead atoms. The van der Waals surface area contributed by atoms with Gasteiger partial charge in [0.15, 0.2) is 0 Å². The van der Waals surface area contributed by atoms with Crippen molar-refractivity contribution in [3.05, 3.63) is 23.8 Å². The molecule has 0 aliphatic heterocycles. The summed E-state index contributed by atoms with van der Waals surface area (Å²) in [4.78, 5) is 0. The van der Waals surface area contributed by atoms with Gasteiger partial charge in [-0.25, -0.2) is 0 Å². The lowest BCUT2D eigenvalue weighted by Crippen LogP contribution is -2.28. The average Bonchev–Trinajstić information content (AvgIpc) is 2.69. The molecular formula is C17H27NO2. The van der Waals surface area contributed by atoms with Crippen LogP contribution in [-0.2, 0) is 6.54 Å². The van der Waals surface area contributed by atoms with Gasteiger partial charge in [-0.15, -0.1) is 0 Å². The third kappa shape index (κ3) is 4.14. The van der Waals surface area contributed by atoms with Crippen LogP contribution in [0, 0.1) is 5.92 Å². The first-order valence-corrected chi connectivity index (χ1v) is 7.67. The second-order valence-corrected chi connectivity index (χ2v) is 5.87. The Labute approximate surface area is 122 Å². The van der Waals surface area contributed by atoms with E-state index in [4.69, 9.17) is 9.47 Å². The quantitative estimate of drug-likeness (QED) is 0.831. The molecule has 0 aromatic heterocycles. The Kier molecular flexibility index (Phi) is 5.72. The normalized spacial score (nSPS) is 23.1. The van der Waals surface area contributed by atoms with Crippen LogP contribution >= 0.6 is 0 Å². The summed E-state index contributed by atoms with van der Waals surface area (Å²) >= 11 is 0. The number of hydrogen-bond acceptors (Lipinski definition) is 3. The van der Waals surface area contributed by atoms with Crippen LogP contribution in [0.25, 0.3) is 0 Å². The van der Waals surface area contributed by atoms with Crippen LogP contribution in [0.3, 0.4) is 0 Å². The Bertz CT molecular complexity index is 419. The van der Waals surface area contributed by atoms with Gasteiger partial charge in [-0.2, -0.15) is 0 Å². The minimum atomic E-state index is 0.645. The number of rotatable bonds is 5. The van der Waals surface area contributed by atoms with E-state index in [-0.39, 0.29) is 0 Å². The lowest BCUT2D eigenvalue weighted by atomic mass is 10.0. The number of ether oxygens (including phenoxy) is 2. The van der Waals surface area contributed by atoms with E-state index in [0.717, 1.165) is 24.0 Å². The molecule has 1 N–H and O–H groups in total. The highest BCUT2D eigenvalue weighted by atomic mass is 16.5. The number of hydrogen-bond donors (Lipinski definition) is 1. The van der Waals surface area contributed by atoms with E-state index in [1.54, 1.807) is 14.2 Å². The van der Waals surface area contributed by atoms with Gasteiger partial charge in [0, 0.05) is 24.2 Å². The molecule has 2 unspecified atom stereocenters. The van der Waals surface area contributed by atoms with Crippen LogP contribution in [0.5, 0.6) is 11.5 Å². The maximum atomic E-state index is 5.45. The molecule has 2 rings (SSSR count). The zero-order chi connectivity index (χ0) is 14.4. The van der Waals surface area contributed by atoms with Gasteiger partial charge in [0.05, 0.1) is 14.2 Å². The lowest BCUT2D eigenvalue weighted by molar-refractivity contribution is 0.386. The van der Waals surface area contributed by atoms with E-state index < -0.39 is 0 Å². The van der Waals surface area contributed by atoms with Crippen LogP contribution in [0.2, 0.25) is 0 Å². The second-order valence-electron chi connectivity index (χ2n) is 5.87. The van der Waals surface area contributed by atoms with Crippen LogP contribution in [0.1, 0.15) is 44.6 Å². The molecule has 1 aromatic rings. The fraction of sp³-hybridized carbons (Fsp3) is 0.647. The van der Waals surface area contributed by atoms with E-state index in [2.05, 4.69) is 18.3 Å². The third-order valence-corrected chi connectivity index (χ3v) is 4.33. The van der Waals surface area contributed by atoms with Crippen molar-refractivity contribution in [2.24, 2.45) is 5.92 Å². The molecule has 0 radical (unpaired) electrons. The van der Waals surface area contributed by atoms with Crippen molar-refractivity contribution in [3.63, 3.8) is 0 Å². The van der Waals surface area contributed by atoms with Gasteiger partial charge >= 0.3 is 0 Å². The molecular weight excluding hydrogens is 250 g/mol. The fourth-order valence-electron chi connectivity index (χ4n) is 2.94. The molecule has 1 aliphatic rings. The summed E-state index contributed by atoms with van der Waals surface area (Å²) in [5.74, 6) is 2.63. The van der Waals surface area contributed by atoms with Gasteiger partial charge < -0.3 is 14.8 Å². The molecule has 0 amide bonds. The smallest absolute Gasteiger partial charge is 0.127 e. The molecule has 0 saturated heterocycles. The largest absolute Gasteiger partial charge is 0.497 e. The number of methoxy groups -OCH3 is 2. The summed E-state index contributed by atoms with van der Waals surface area (Å²) in [7, 11) is 3.39. The minimum absolute atomic E-state index is 0.645. The van der Waals surface area contributed by atoms with Crippen molar-refractivity contribution in [1.82, 2.24) is 5.32 Å². The predicted molar refractivity (Wildman–Crippen MR) is 82.4 cm³/mol. The Morgan fingerprint density at radius 3 is 2.70 bits per heavy atom. The number of benzene rings is 1. The molecule has 3 nitrogen and oxygen atoms in total. The average molecular weight is 277 g/mol.